The Balaban J connectivity index is 0.000000845. The maximum atomic E-state index is 4.33. The number of pyridine rings is 1. The summed E-state index contributed by atoms with van der Waals surface area (Å²) in [6, 6.07) is 4.52. The van der Waals surface area contributed by atoms with Gasteiger partial charge in [-0.15, -0.1) is 12.4 Å². The third-order valence-electron chi connectivity index (χ3n) is 2.16. The van der Waals surface area contributed by atoms with E-state index in [2.05, 4.69) is 32.3 Å². The van der Waals surface area contributed by atoms with Crippen molar-refractivity contribution in [1.29, 1.82) is 0 Å². The van der Waals surface area contributed by atoms with Gasteiger partial charge in [-0.3, -0.25) is 4.98 Å². The standard InChI is InChI=1S/C9H11BrN2.ClH/c10-7-3-5-12-9(6-7)8-2-1-4-11-8;/h3,5-6,8,11H,1-2,4H2;1H. The van der Waals surface area contributed by atoms with Gasteiger partial charge in [0.05, 0.1) is 5.69 Å². The zero-order valence-corrected chi connectivity index (χ0v) is 9.57. The molecule has 1 aromatic rings. The number of aromatic nitrogens is 1. The van der Waals surface area contributed by atoms with Gasteiger partial charge in [0.25, 0.3) is 0 Å². The molecule has 0 amide bonds. The van der Waals surface area contributed by atoms with Crippen LogP contribution in [0, 0.1) is 0 Å². The Hall–Kier alpha value is -0.120. The quantitative estimate of drug-likeness (QED) is 0.843. The van der Waals surface area contributed by atoms with E-state index in [0.29, 0.717) is 6.04 Å². The van der Waals surface area contributed by atoms with Crippen molar-refractivity contribution >= 4 is 28.3 Å². The number of hydrogen-bond acceptors (Lipinski definition) is 2. The molecule has 1 saturated heterocycles. The number of halogens is 2. The summed E-state index contributed by atoms with van der Waals surface area (Å²) in [5.74, 6) is 0. The Morgan fingerprint density at radius 3 is 3.00 bits per heavy atom. The normalized spacial score (nSPS) is 21.2. The highest BCUT2D eigenvalue weighted by Gasteiger charge is 2.16. The number of hydrogen-bond donors (Lipinski definition) is 1. The fourth-order valence-electron chi connectivity index (χ4n) is 1.55. The minimum atomic E-state index is 0. The monoisotopic (exact) mass is 262 g/mol. The summed E-state index contributed by atoms with van der Waals surface area (Å²) in [4.78, 5) is 4.33. The smallest absolute Gasteiger partial charge is 0.0584 e. The lowest BCUT2D eigenvalue weighted by molar-refractivity contribution is 0.627. The fourth-order valence-corrected chi connectivity index (χ4v) is 1.90. The molecule has 2 rings (SSSR count). The van der Waals surface area contributed by atoms with Crippen molar-refractivity contribution in [3.05, 3.63) is 28.5 Å². The molecule has 2 heterocycles. The molecule has 13 heavy (non-hydrogen) atoms. The van der Waals surface area contributed by atoms with E-state index >= 15 is 0 Å². The van der Waals surface area contributed by atoms with Crippen LogP contribution in [0.25, 0.3) is 0 Å². The van der Waals surface area contributed by atoms with Gasteiger partial charge in [-0.1, -0.05) is 15.9 Å². The largest absolute Gasteiger partial charge is 0.309 e. The average molecular weight is 264 g/mol. The van der Waals surface area contributed by atoms with E-state index in [4.69, 9.17) is 0 Å². The van der Waals surface area contributed by atoms with Crippen LogP contribution in [0.3, 0.4) is 0 Å². The molecule has 1 aromatic heterocycles. The Bertz CT molecular complexity index is 274. The minimum Gasteiger partial charge on any atom is -0.309 e. The molecular formula is C9H12BrClN2. The summed E-state index contributed by atoms with van der Waals surface area (Å²) in [5.41, 5.74) is 1.15. The van der Waals surface area contributed by atoms with E-state index in [9.17, 15) is 0 Å². The highest BCUT2D eigenvalue weighted by Crippen LogP contribution is 2.22. The second-order valence-electron chi connectivity index (χ2n) is 3.05. The topological polar surface area (TPSA) is 24.9 Å². The average Bonchev–Trinajstić information content (AvgIpc) is 2.56. The lowest BCUT2D eigenvalue weighted by Crippen LogP contribution is -2.13. The van der Waals surface area contributed by atoms with Crippen molar-refractivity contribution < 1.29 is 0 Å². The number of nitrogens with one attached hydrogen (secondary N) is 1. The van der Waals surface area contributed by atoms with E-state index < -0.39 is 0 Å². The lowest BCUT2D eigenvalue weighted by atomic mass is 10.1. The molecule has 0 radical (unpaired) electrons. The highest BCUT2D eigenvalue weighted by atomic mass is 79.9. The molecule has 0 aromatic carbocycles. The van der Waals surface area contributed by atoms with Crippen molar-refractivity contribution in [2.75, 3.05) is 6.54 Å². The maximum Gasteiger partial charge on any atom is 0.0584 e. The van der Waals surface area contributed by atoms with Gasteiger partial charge in [0.15, 0.2) is 0 Å². The van der Waals surface area contributed by atoms with Crippen LogP contribution in [0.1, 0.15) is 24.6 Å². The highest BCUT2D eigenvalue weighted by molar-refractivity contribution is 9.10. The molecule has 1 fully saturated rings. The molecule has 4 heteroatoms. The summed E-state index contributed by atoms with van der Waals surface area (Å²) in [7, 11) is 0. The van der Waals surface area contributed by atoms with Crippen molar-refractivity contribution in [3.8, 4) is 0 Å². The maximum absolute atomic E-state index is 4.33. The summed E-state index contributed by atoms with van der Waals surface area (Å²) in [6.07, 6.45) is 4.32. The predicted octanol–water partition coefficient (Wildman–Crippen LogP) is 2.69. The zero-order valence-electron chi connectivity index (χ0n) is 7.16. The molecule has 1 aliphatic rings. The molecular weight excluding hydrogens is 251 g/mol. The first-order valence-corrected chi connectivity index (χ1v) is 5.00. The fraction of sp³-hybridized carbons (Fsp3) is 0.444. The summed E-state index contributed by atoms with van der Waals surface area (Å²) in [5, 5.41) is 3.42. The van der Waals surface area contributed by atoms with E-state index in [-0.39, 0.29) is 12.4 Å². The Kier molecular flexibility index (Phi) is 4.16. The third-order valence-corrected chi connectivity index (χ3v) is 2.65. The summed E-state index contributed by atoms with van der Waals surface area (Å²) in [6.45, 7) is 1.12. The van der Waals surface area contributed by atoms with Crippen molar-refractivity contribution in [2.24, 2.45) is 0 Å². The molecule has 0 bridgehead atoms. The van der Waals surface area contributed by atoms with Crippen LogP contribution in [-0.4, -0.2) is 11.5 Å². The molecule has 1 aliphatic heterocycles. The number of nitrogens with zero attached hydrogens (tertiary/aromatic N) is 1. The number of rotatable bonds is 1. The minimum absolute atomic E-state index is 0. The van der Waals surface area contributed by atoms with Crippen molar-refractivity contribution in [1.82, 2.24) is 10.3 Å². The predicted molar refractivity (Wildman–Crippen MR) is 59.2 cm³/mol. The van der Waals surface area contributed by atoms with Crippen molar-refractivity contribution in [3.63, 3.8) is 0 Å². The van der Waals surface area contributed by atoms with Crippen LogP contribution in [0.15, 0.2) is 22.8 Å². The van der Waals surface area contributed by atoms with Crippen LogP contribution in [0.5, 0.6) is 0 Å². The molecule has 0 spiro atoms. The molecule has 1 atom stereocenters. The first-order chi connectivity index (χ1) is 5.86. The van der Waals surface area contributed by atoms with Gasteiger partial charge in [-0.2, -0.15) is 0 Å². The van der Waals surface area contributed by atoms with Gasteiger partial charge in [-0.05, 0) is 31.5 Å². The van der Waals surface area contributed by atoms with E-state index in [1.807, 2.05) is 12.3 Å². The van der Waals surface area contributed by atoms with Gasteiger partial charge in [0.1, 0.15) is 0 Å². The SMILES string of the molecule is Brc1ccnc(C2CCCN2)c1.Cl. The summed E-state index contributed by atoms with van der Waals surface area (Å²) < 4.78 is 1.11. The van der Waals surface area contributed by atoms with Gasteiger partial charge in [-0.25, -0.2) is 0 Å². The molecule has 1 N–H and O–H groups in total. The Morgan fingerprint density at radius 1 is 1.54 bits per heavy atom. The van der Waals surface area contributed by atoms with Crippen LogP contribution in [0.4, 0.5) is 0 Å². The van der Waals surface area contributed by atoms with Crippen LogP contribution in [-0.2, 0) is 0 Å². The van der Waals surface area contributed by atoms with Crippen molar-refractivity contribution in [2.45, 2.75) is 18.9 Å². The second kappa shape index (κ2) is 4.94. The van der Waals surface area contributed by atoms with Crippen LogP contribution >= 0.6 is 28.3 Å². The first-order valence-electron chi connectivity index (χ1n) is 4.21. The van der Waals surface area contributed by atoms with Gasteiger partial charge in [0.2, 0.25) is 0 Å². The second-order valence-corrected chi connectivity index (χ2v) is 3.96. The van der Waals surface area contributed by atoms with E-state index in [1.165, 1.54) is 12.8 Å². The third kappa shape index (κ3) is 2.66. The Morgan fingerprint density at radius 2 is 2.38 bits per heavy atom. The van der Waals surface area contributed by atoms with Gasteiger partial charge in [0, 0.05) is 16.7 Å². The molecule has 1 unspecified atom stereocenters. The van der Waals surface area contributed by atoms with E-state index in [0.717, 1.165) is 16.7 Å². The van der Waals surface area contributed by atoms with E-state index in [1.54, 1.807) is 0 Å². The van der Waals surface area contributed by atoms with Gasteiger partial charge < -0.3 is 5.32 Å². The molecule has 72 valence electrons. The molecule has 2 nitrogen and oxygen atoms in total. The van der Waals surface area contributed by atoms with Gasteiger partial charge >= 0.3 is 0 Å². The van der Waals surface area contributed by atoms with Crippen LogP contribution < -0.4 is 5.32 Å². The first kappa shape index (κ1) is 11.0. The van der Waals surface area contributed by atoms with Crippen LogP contribution in [0.2, 0.25) is 0 Å². The zero-order chi connectivity index (χ0) is 8.39. The summed E-state index contributed by atoms with van der Waals surface area (Å²) >= 11 is 3.44. The lowest BCUT2D eigenvalue weighted by Gasteiger charge is -2.08. The molecule has 0 aliphatic carbocycles. The molecule has 0 saturated carbocycles. The Labute approximate surface area is 92.7 Å².